The maximum Gasteiger partial charge on any atom is 0.255 e. The number of methoxy groups -OCH3 is 3. The highest BCUT2D eigenvalue weighted by Crippen LogP contribution is 2.40. The molecule has 17 heavy (non-hydrogen) atoms. The molecule has 5 nitrogen and oxygen atoms in total. The molecule has 1 amide bonds. The standard InChI is InChI=1S/C12H15NO4/c1-15-8-6-9(16-2)11(17-3)7-4-5-13-12(14)10(7)8/h6H,4-5H2,1-3H3,(H,13,14). The molecule has 0 radical (unpaired) electrons. The maximum atomic E-state index is 11.8. The number of benzene rings is 1. The van der Waals surface area contributed by atoms with E-state index in [9.17, 15) is 4.79 Å². The lowest BCUT2D eigenvalue weighted by Crippen LogP contribution is -2.32. The summed E-state index contributed by atoms with van der Waals surface area (Å²) in [6, 6.07) is 1.67. The lowest BCUT2D eigenvalue weighted by atomic mass is 9.97. The fourth-order valence-electron chi connectivity index (χ4n) is 2.08. The molecule has 0 bridgehead atoms. The fraction of sp³-hybridized carbons (Fsp3) is 0.417. The molecule has 1 aromatic carbocycles. The van der Waals surface area contributed by atoms with E-state index in [0.717, 1.165) is 5.56 Å². The van der Waals surface area contributed by atoms with Crippen molar-refractivity contribution >= 4 is 5.91 Å². The Labute approximate surface area is 99.7 Å². The van der Waals surface area contributed by atoms with E-state index in [1.54, 1.807) is 20.3 Å². The van der Waals surface area contributed by atoms with Crippen molar-refractivity contribution in [3.05, 3.63) is 17.2 Å². The summed E-state index contributed by atoms with van der Waals surface area (Å²) in [6.45, 7) is 0.596. The number of ether oxygens (including phenoxy) is 3. The minimum Gasteiger partial charge on any atom is -0.496 e. The van der Waals surface area contributed by atoms with E-state index in [4.69, 9.17) is 14.2 Å². The van der Waals surface area contributed by atoms with E-state index >= 15 is 0 Å². The monoisotopic (exact) mass is 237 g/mol. The number of rotatable bonds is 3. The van der Waals surface area contributed by atoms with E-state index in [-0.39, 0.29) is 5.91 Å². The second kappa shape index (κ2) is 4.53. The van der Waals surface area contributed by atoms with Crippen LogP contribution in [0.5, 0.6) is 17.2 Å². The lowest BCUT2D eigenvalue weighted by Gasteiger charge is -2.23. The zero-order chi connectivity index (χ0) is 12.4. The molecular weight excluding hydrogens is 222 g/mol. The van der Waals surface area contributed by atoms with E-state index in [0.29, 0.717) is 35.8 Å². The van der Waals surface area contributed by atoms with Crippen molar-refractivity contribution in [3.63, 3.8) is 0 Å². The van der Waals surface area contributed by atoms with Crippen LogP contribution in [0, 0.1) is 0 Å². The van der Waals surface area contributed by atoms with E-state index in [1.807, 2.05) is 0 Å². The van der Waals surface area contributed by atoms with Gasteiger partial charge in [-0.2, -0.15) is 0 Å². The molecule has 5 heteroatoms. The number of hydrogen-bond donors (Lipinski definition) is 1. The summed E-state index contributed by atoms with van der Waals surface area (Å²) in [5.41, 5.74) is 1.38. The van der Waals surface area contributed by atoms with Gasteiger partial charge in [0.2, 0.25) is 0 Å². The molecule has 1 N–H and O–H groups in total. The zero-order valence-corrected chi connectivity index (χ0v) is 10.1. The molecule has 0 unspecified atom stereocenters. The summed E-state index contributed by atoms with van der Waals surface area (Å²) < 4.78 is 15.8. The van der Waals surface area contributed by atoms with Gasteiger partial charge >= 0.3 is 0 Å². The second-order valence-corrected chi connectivity index (χ2v) is 3.67. The van der Waals surface area contributed by atoms with Gasteiger partial charge in [0.15, 0.2) is 11.5 Å². The molecular formula is C12H15NO4. The van der Waals surface area contributed by atoms with Crippen LogP contribution < -0.4 is 19.5 Å². The minimum absolute atomic E-state index is 0.135. The van der Waals surface area contributed by atoms with Crippen LogP contribution in [0.4, 0.5) is 0 Å². The summed E-state index contributed by atoms with van der Waals surface area (Å²) in [4.78, 5) is 11.8. The molecule has 1 aliphatic heterocycles. The third-order valence-corrected chi connectivity index (χ3v) is 2.84. The van der Waals surface area contributed by atoms with Crippen molar-refractivity contribution in [2.75, 3.05) is 27.9 Å². The highest BCUT2D eigenvalue weighted by Gasteiger charge is 2.27. The predicted molar refractivity (Wildman–Crippen MR) is 62.1 cm³/mol. The minimum atomic E-state index is -0.135. The normalized spacial score (nSPS) is 13.7. The first kappa shape index (κ1) is 11.6. The van der Waals surface area contributed by atoms with Crippen LogP contribution in [0.1, 0.15) is 15.9 Å². The molecule has 1 aliphatic rings. The van der Waals surface area contributed by atoms with Gasteiger partial charge in [0.05, 0.1) is 26.9 Å². The van der Waals surface area contributed by atoms with Gasteiger partial charge in [-0.15, -0.1) is 0 Å². The molecule has 0 aromatic heterocycles. The van der Waals surface area contributed by atoms with Gasteiger partial charge < -0.3 is 19.5 Å². The smallest absolute Gasteiger partial charge is 0.255 e. The van der Waals surface area contributed by atoms with Crippen LogP contribution in [0.15, 0.2) is 6.07 Å². The van der Waals surface area contributed by atoms with E-state index < -0.39 is 0 Å². The average molecular weight is 237 g/mol. The number of carbonyl (C=O) groups is 1. The molecule has 0 fully saturated rings. The second-order valence-electron chi connectivity index (χ2n) is 3.67. The first-order chi connectivity index (χ1) is 8.22. The summed E-state index contributed by atoms with van der Waals surface area (Å²) in [5.74, 6) is 1.56. The van der Waals surface area contributed by atoms with Gasteiger partial charge in [-0.05, 0) is 6.42 Å². The number of carbonyl (C=O) groups excluding carboxylic acids is 1. The Morgan fingerprint density at radius 1 is 1.12 bits per heavy atom. The molecule has 92 valence electrons. The zero-order valence-electron chi connectivity index (χ0n) is 10.1. The Hall–Kier alpha value is -1.91. The Morgan fingerprint density at radius 2 is 1.82 bits per heavy atom. The Balaban J connectivity index is 2.70. The quantitative estimate of drug-likeness (QED) is 0.852. The van der Waals surface area contributed by atoms with Crippen LogP contribution in [-0.2, 0) is 6.42 Å². The van der Waals surface area contributed by atoms with Gasteiger partial charge in [0, 0.05) is 18.2 Å². The lowest BCUT2D eigenvalue weighted by molar-refractivity contribution is 0.0941. The Bertz CT molecular complexity index is 456. The SMILES string of the molecule is COc1cc(OC)c2c(c1OC)CCNC2=O. The van der Waals surface area contributed by atoms with Crippen LogP contribution in [0.2, 0.25) is 0 Å². The van der Waals surface area contributed by atoms with Crippen molar-refractivity contribution in [2.45, 2.75) is 6.42 Å². The van der Waals surface area contributed by atoms with Crippen LogP contribution in [0.25, 0.3) is 0 Å². The summed E-state index contributed by atoms with van der Waals surface area (Å²) in [6.07, 6.45) is 0.706. The summed E-state index contributed by atoms with van der Waals surface area (Å²) >= 11 is 0. The number of hydrogen-bond acceptors (Lipinski definition) is 4. The van der Waals surface area contributed by atoms with Crippen molar-refractivity contribution in [1.29, 1.82) is 0 Å². The van der Waals surface area contributed by atoms with Crippen molar-refractivity contribution in [1.82, 2.24) is 5.32 Å². The van der Waals surface area contributed by atoms with Gasteiger partial charge in [0.25, 0.3) is 5.91 Å². The first-order valence-electron chi connectivity index (χ1n) is 5.33. The Morgan fingerprint density at radius 3 is 2.41 bits per heavy atom. The van der Waals surface area contributed by atoms with Gasteiger partial charge in [-0.3, -0.25) is 4.79 Å². The van der Waals surface area contributed by atoms with Crippen LogP contribution in [-0.4, -0.2) is 33.8 Å². The number of nitrogens with one attached hydrogen (secondary N) is 1. The molecule has 1 heterocycles. The topological polar surface area (TPSA) is 56.8 Å². The first-order valence-corrected chi connectivity index (χ1v) is 5.33. The van der Waals surface area contributed by atoms with Crippen molar-refractivity contribution in [2.24, 2.45) is 0 Å². The largest absolute Gasteiger partial charge is 0.496 e. The molecule has 0 atom stereocenters. The summed E-state index contributed by atoms with van der Waals surface area (Å²) in [5, 5.41) is 2.79. The molecule has 1 aromatic rings. The third-order valence-electron chi connectivity index (χ3n) is 2.84. The third kappa shape index (κ3) is 1.77. The highest BCUT2D eigenvalue weighted by atomic mass is 16.5. The number of amides is 1. The fourth-order valence-corrected chi connectivity index (χ4v) is 2.08. The molecule has 0 spiro atoms. The van der Waals surface area contributed by atoms with Crippen LogP contribution >= 0.6 is 0 Å². The summed E-state index contributed by atoms with van der Waals surface area (Å²) in [7, 11) is 4.66. The van der Waals surface area contributed by atoms with Crippen molar-refractivity contribution < 1.29 is 19.0 Å². The molecule has 0 aliphatic carbocycles. The van der Waals surface area contributed by atoms with Gasteiger partial charge in [-0.25, -0.2) is 0 Å². The molecule has 2 rings (SSSR count). The van der Waals surface area contributed by atoms with Crippen molar-refractivity contribution in [3.8, 4) is 17.2 Å². The molecule has 0 saturated carbocycles. The molecule has 0 saturated heterocycles. The van der Waals surface area contributed by atoms with E-state index in [2.05, 4.69) is 5.32 Å². The highest BCUT2D eigenvalue weighted by molar-refractivity contribution is 6.00. The van der Waals surface area contributed by atoms with Crippen LogP contribution in [0.3, 0.4) is 0 Å². The van der Waals surface area contributed by atoms with Gasteiger partial charge in [0.1, 0.15) is 5.75 Å². The maximum absolute atomic E-state index is 11.8. The van der Waals surface area contributed by atoms with E-state index in [1.165, 1.54) is 7.11 Å². The Kier molecular flexibility index (Phi) is 3.08. The number of fused-ring (bicyclic) bond motifs is 1. The average Bonchev–Trinajstić information content (AvgIpc) is 2.36. The van der Waals surface area contributed by atoms with Gasteiger partial charge in [-0.1, -0.05) is 0 Å². The predicted octanol–water partition coefficient (Wildman–Crippen LogP) is 0.998.